The van der Waals surface area contributed by atoms with E-state index in [1.165, 1.54) is 0 Å². The van der Waals surface area contributed by atoms with Crippen LogP contribution in [0, 0.1) is 0 Å². The van der Waals surface area contributed by atoms with Crippen molar-refractivity contribution in [1.29, 1.82) is 0 Å². The van der Waals surface area contributed by atoms with E-state index in [0.717, 1.165) is 55.9 Å². The molecule has 1 aromatic heterocycles. The minimum Gasteiger partial charge on any atom is -0.411 e. The van der Waals surface area contributed by atoms with Crippen molar-refractivity contribution in [2.24, 2.45) is 5.16 Å². The van der Waals surface area contributed by atoms with Gasteiger partial charge in [0.15, 0.2) is 0 Å². The lowest BCUT2D eigenvalue weighted by molar-refractivity contribution is 0.315. The lowest BCUT2D eigenvalue weighted by Crippen LogP contribution is -2.35. The van der Waals surface area contributed by atoms with Crippen molar-refractivity contribution >= 4 is 11.7 Å². The van der Waals surface area contributed by atoms with Crippen LogP contribution in [0.25, 0.3) is 0 Å². The molecule has 6 nitrogen and oxygen atoms in total. The van der Waals surface area contributed by atoms with Crippen molar-refractivity contribution < 1.29 is 5.21 Å². The number of hydrogen-bond donors (Lipinski definition) is 1. The van der Waals surface area contributed by atoms with Gasteiger partial charge in [0.05, 0.1) is 17.1 Å². The molecule has 1 fully saturated rings. The number of nitrogens with zero attached hydrogens (tertiary/aromatic N) is 5. The number of hydrogen-bond acceptors (Lipinski definition) is 6. The third-order valence-corrected chi connectivity index (χ3v) is 3.26. The SMILES string of the molecule is CCc1nnc(N2CCC(=NO)CC2)nc1CC. The zero-order valence-electron chi connectivity index (χ0n) is 10.9. The van der Waals surface area contributed by atoms with E-state index in [4.69, 9.17) is 5.21 Å². The Kier molecular flexibility index (Phi) is 4.07. The van der Waals surface area contributed by atoms with Gasteiger partial charge in [-0.05, 0) is 12.8 Å². The summed E-state index contributed by atoms with van der Waals surface area (Å²) in [6.07, 6.45) is 3.27. The van der Waals surface area contributed by atoms with Gasteiger partial charge in [-0.2, -0.15) is 5.10 Å². The van der Waals surface area contributed by atoms with E-state index in [0.29, 0.717) is 5.95 Å². The number of oxime groups is 1. The van der Waals surface area contributed by atoms with E-state index in [1.54, 1.807) is 0 Å². The number of piperidine rings is 1. The van der Waals surface area contributed by atoms with E-state index in [-0.39, 0.29) is 0 Å². The highest BCUT2D eigenvalue weighted by atomic mass is 16.4. The number of anilines is 1. The maximum Gasteiger partial charge on any atom is 0.245 e. The number of rotatable bonds is 3. The quantitative estimate of drug-likeness (QED) is 0.648. The summed E-state index contributed by atoms with van der Waals surface area (Å²) in [7, 11) is 0. The lowest BCUT2D eigenvalue weighted by atomic mass is 10.1. The average molecular weight is 249 g/mol. The van der Waals surface area contributed by atoms with Gasteiger partial charge in [-0.3, -0.25) is 0 Å². The van der Waals surface area contributed by atoms with Crippen LogP contribution in [0.2, 0.25) is 0 Å². The van der Waals surface area contributed by atoms with Crippen LogP contribution in [-0.4, -0.2) is 39.2 Å². The van der Waals surface area contributed by atoms with Gasteiger partial charge in [0, 0.05) is 25.9 Å². The van der Waals surface area contributed by atoms with Gasteiger partial charge < -0.3 is 10.1 Å². The molecule has 6 heteroatoms. The summed E-state index contributed by atoms with van der Waals surface area (Å²) in [5.41, 5.74) is 2.86. The Bertz CT molecular complexity index is 436. The summed E-state index contributed by atoms with van der Waals surface area (Å²) in [6.45, 7) is 5.72. The molecule has 0 radical (unpaired) electrons. The van der Waals surface area contributed by atoms with Crippen molar-refractivity contribution in [3.63, 3.8) is 0 Å². The van der Waals surface area contributed by atoms with Gasteiger partial charge in [0.1, 0.15) is 0 Å². The molecule has 18 heavy (non-hydrogen) atoms. The van der Waals surface area contributed by atoms with E-state index in [9.17, 15) is 0 Å². The Morgan fingerprint density at radius 3 is 2.33 bits per heavy atom. The molecule has 1 aliphatic heterocycles. The normalized spacial score (nSPS) is 15.9. The molecule has 0 bridgehead atoms. The average Bonchev–Trinajstić information content (AvgIpc) is 2.46. The van der Waals surface area contributed by atoms with Crippen molar-refractivity contribution in [3.05, 3.63) is 11.4 Å². The summed E-state index contributed by atoms with van der Waals surface area (Å²) in [6, 6.07) is 0. The first-order chi connectivity index (χ1) is 8.78. The molecule has 1 N–H and O–H groups in total. The van der Waals surface area contributed by atoms with Crippen LogP contribution in [-0.2, 0) is 12.8 Å². The number of aromatic nitrogens is 3. The van der Waals surface area contributed by atoms with Crippen LogP contribution >= 0.6 is 0 Å². The van der Waals surface area contributed by atoms with Crippen LogP contribution in [0.5, 0.6) is 0 Å². The Labute approximate surface area is 107 Å². The van der Waals surface area contributed by atoms with E-state index < -0.39 is 0 Å². The van der Waals surface area contributed by atoms with Crippen LogP contribution in [0.3, 0.4) is 0 Å². The van der Waals surface area contributed by atoms with Gasteiger partial charge in [0.25, 0.3) is 0 Å². The molecule has 0 aromatic carbocycles. The second-order valence-corrected chi connectivity index (χ2v) is 4.37. The summed E-state index contributed by atoms with van der Waals surface area (Å²) in [5, 5.41) is 20.4. The van der Waals surface area contributed by atoms with Gasteiger partial charge >= 0.3 is 0 Å². The Balaban J connectivity index is 2.14. The standard InChI is InChI=1S/C12H19N5O/c1-3-10-11(4-2)14-15-12(13-10)17-7-5-9(16-18)6-8-17/h18H,3-8H2,1-2H3. The smallest absolute Gasteiger partial charge is 0.245 e. The molecular weight excluding hydrogens is 230 g/mol. The fourth-order valence-corrected chi connectivity index (χ4v) is 2.13. The lowest BCUT2D eigenvalue weighted by Gasteiger charge is -2.27. The monoisotopic (exact) mass is 249 g/mol. The van der Waals surface area contributed by atoms with Gasteiger partial charge in [-0.25, -0.2) is 4.98 Å². The predicted molar refractivity (Wildman–Crippen MR) is 69.3 cm³/mol. The highest BCUT2D eigenvalue weighted by molar-refractivity contribution is 5.85. The van der Waals surface area contributed by atoms with Crippen molar-refractivity contribution in [2.75, 3.05) is 18.0 Å². The molecule has 1 aromatic rings. The highest BCUT2D eigenvalue weighted by Gasteiger charge is 2.19. The third kappa shape index (κ3) is 2.57. The maximum absolute atomic E-state index is 8.72. The molecule has 0 atom stereocenters. The molecule has 0 aliphatic carbocycles. The zero-order chi connectivity index (χ0) is 13.0. The topological polar surface area (TPSA) is 74.5 Å². The van der Waals surface area contributed by atoms with Gasteiger partial charge in [-0.15, -0.1) is 5.10 Å². The summed E-state index contributed by atoms with van der Waals surface area (Å²) >= 11 is 0. The third-order valence-electron chi connectivity index (χ3n) is 3.26. The molecule has 2 heterocycles. The Morgan fingerprint density at radius 2 is 1.78 bits per heavy atom. The maximum atomic E-state index is 8.72. The highest BCUT2D eigenvalue weighted by Crippen LogP contribution is 2.15. The minimum atomic E-state index is 0.695. The van der Waals surface area contributed by atoms with Gasteiger partial charge in [0.2, 0.25) is 5.95 Å². The summed E-state index contributed by atoms with van der Waals surface area (Å²) in [5.74, 6) is 0.695. The van der Waals surface area contributed by atoms with E-state index in [2.05, 4.69) is 39.1 Å². The molecule has 0 amide bonds. The molecule has 98 valence electrons. The van der Waals surface area contributed by atoms with Crippen LogP contribution in [0.4, 0.5) is 5.95 Å². The zero-order valence-corrected chi connectivity index (χ0v) is 10.9. The summed E-state index contributed by atoms with van der Waals surface area (Å²) < 4.78 is 0. The molecule has 0 saturated carbocycles. The fraction of sp³-hybridized carbons (Fsp3) is 0.667. The largest absolute Gasteiger partial charge is 0.411 e. The Morgan fingerprint density at radius 1 is 1.11 bits per heavy atom. The minimum absolute atomic E-state index is 0.695. The molecule has 1 saturated heterocycles. The fourth-order valence-electron chi connectivity index (χ4n) is 2.13. The van der Waals surface area contributed by atoms with Crippen LogP contribution in [0.15, 0.2) is 5.16 Å². The molecule has 1 aliphatic rings. The first-order valence-electron chi connectivity index (χ1n) is 6.45. The molecule has 0 spiro atoms. The van der Waals surface area contributed by atoms with Crippen molar-refractivity contribution in [2.45, 2.75) is 39.5 Å². The van der Waals surface area contributed by atoms with Crippen LogP contribution in [0.1, 0.15) is 38.1 Å². The molecule has 0 unspecified atom stereocenters. The first kappa shape index (κ1) is 12.7. The first-order valence-corrected chi connectivity index (χ1v) is 6.45. The second kappa shape index (κ2) is 5.75. The van der Waals surface area contributed by atoms with E-state index in [1.807, 2.05) is 0 Å². The van der Waals surface area contributed by atoms with Gasteiger partial charge in [-0.1, -0.05) is 19.0 Å². The number of aryl methyl sites for hydroxylation is 2. The van der Waals surface area contributed by atoms with E-state index >= 15 is 0 Å². The second-order valence-electron chi connectivity index (χ2n) is 4.37. The van der Waals surface area contributed by atoms with Crippen molar-refractivity contribution in [3.8, 4) is 0 Å². The molecular formula is C12H19N5O. The summed E-state index contributed by atoms with van der Waals surface area (Å²) in [4.78, 5) is 6.68. The predicted octanol–water partition coefficient (Wildman–Crippen LogP) is 1.43. The van der Waals surface area contributed by atoms with Crippen LogP contribution < -0.4 is 4.90 Å². The molecule has 2 rings (SSSR count). The van der Waals surface area contributed by atoms with Crippen molar-refractivity contribution in [1.82, 2.24) is 15.2 Å². The Hall–Kier alpha value is -1.72.